The van der Waals surface area contributed by atoms with Crippen molar-refractivity contribution >= 4 is 17.6 Å². The molecule has 0 unspecified atom stereocenters. The first kappa shape index (κ1) is 18.4. The van der Waals surface area contributed by atoms with E-state index < -0.39 is 18.0 Å². The first-order valence-electron chi connectivity index (χ1n) is 8.81. The van der Waals surface area contributed by atoms with Crippen LogP contribution in [0.25, 0.3) is 0 Å². The summed E-state index contributed by atoms with van der Waals surface area (Å²) < 4.78 is 5.50. The number of esters is 1. The molecule has 0 radical (unpaired) electrons. The van der Waals surface area contributed by atoms with Crippen molar-refractivity contribution in [3.8, 4) is 0 Å². The Labute approximate surface area is 158 Å². The third kappa shape index (κ3) is 4.82. The molecule has 0 fully saturated rings. The van der Waals surface area contributed by atoms with Crippen LogP contribution >= 0.6 is 0 Å². The molecule has 0 heterocycles. The zero-order chi connectivity index (χ0) is 19.1. The number of hydrogen-bond acceptors (Lipinski definition) is 3. The quantitative estimate of drug-likeness (QED) is 0.664. The predicted octanol–water partition coefficient (Wildman–Crippen LogP) is 4.39. The van der Waals surface area contributed by atoms with Gasteiger partial charge in [-0.3, -0.25) is 9.59 Å². The van der Waals surface area contributed by atoms with Gasteiger partial charge in [0.25, 0.3) is 5.91 Å². The fourth-order valence-electron chi connectivity index (χ4n) is 2.82. The Morgan fingerprint density at radius 2 is 1.19 bits per heavy atom. The second kappa shape index (κ2) is 8.81. The molecule has 0 aliphatic heterocycles. The molecule has 0 aromatic heterocycles. The minimum absolute atomic E-state index is 0.366. The molecule has 0 saturated heterocycles. The number of hydrogen-bond donors (Lipinski definition) is 1. The number of benzene rings is 3. The summed E-state index contributed by atoms with van der Waals surface area (Å²) in [5, 5.41) is 2.75. The maximum Gasteiger partial charge on any atom is 0.318 e. The summed E-state index contributed by atoms with van der Waals surface area (Å²) in [5.41, 5.74) is 2.31. The van der Waals surface area contributed by atoms with E-state index in [9.17, 15) is 9.59 Å². The lowest BCUT2D eigenvalue weighted by Gasteiger charge is -2.20. The number of amides is 1. The van der Waals surface area contributed by atoms with Gasteiger partial charge in [0.2, 0.25) is 0 Å². The molecule has 0 aliphatic rings. The van der Waals surface area contributed by atoms with E-state index in [1.54, 1.807) is 19.1 Å². The van der Waals surface area contributed by atoms with Crippen molar-refractivity contribution < 1.29 is 14.3 Å². The summed E-state index contributed by atoms with van der Waals surface area (Å²) in [4.78, 5) is 25.3. The first-order valence-corrected chi connectivity index (χ1v) is 8.81. The molecule has 3 aromatic carbocycles. The second-order valence-electron chi connectivity index (χ2n) is 6.19. The van der Waals surface area contributed by atoms with Gasteiger partial charge in [-0.25, -0.2) is 0 Å². The molecule has 4 heteroatoms. The van der Waals surface area contributed by atoms with Crippen LogP contribution in [0, 0.1) is 0 Å². The maximum absolute atomic E-state index is 12.9. The minimum Gasteiger partial charge on any atom is -0.452 e. The van der Waals surface area contributed by atoms with Gasteiger partial charge >= 0.3 is 5.97 Å². The third-order valence-corrected chi connectivity index (χ3v) is 4.20. The number of anilines is 1. The Morgan fingerprint density at radius 3 is 1.67 bits per heavy atom. The van der Waals surface area contributed by atoms with E-state index in [2.05, 4.69) is 5.32 Å². The number of carbonyl (C=O) groups excluding carboxylic acids is 2. The van der Waals surface area contributed by atoms with Crippen molar-refractivity contribution in [2.24, 2.45) is 0 Å². The van der Waals surface area contributed by atoms with E-state index in [0.29, 0.717) is 5.69 Å². The number of nitrogens with one attached hydrogen (secondary N) is 1. The smallest absolute Gasteiger partial charge is 0.318 e. The Morgan fingerprint density at radius 1 is 0.741 bits per heavy atom. The van der Waals surface area contributed by atoms with E-state index in [-0.39, 0.29) is 5.91 Å². The van der Waals surface area contributed by atoms with Crippen LogP contribution in [0.3, 0.4) is 0 Å². The normalized spacial score (nSPS) is 11.6. The molecule has 0 bridgehead atoms. The average molecular weight is 359 g/mol. The van der Waals surface area contributed by atoms with Crippen molar-refractivity contribution in [1.82, 2.24) is 0 Å². The lowest BCUT2D eigenvalue weighted by molar-refractivity contribution is -0.153. The van der Waals surface area contributed by atoms with Gasteiger partial charge in [0, 0.05) is 5.69 Å². The minimum atomic E-state index is -0.910. The molecular weight excluding hydrogens is 338 g/mol. The molecule has 1 N–H and O–H groups in total. The Bertz CT molecular complexity index is 840. The molecule has 4 nitrogen and oxygen atoms in total. The van der Waals surface area contributed by atoms with Crippen LogP contribution < -0.4 is 5.32 Å². The van der Waals surface area contributed by atoms with Gasteiger partial charge in [0.1, 0.15) is 5.92 Å². The van der Waals surface area contributed by atoms with Gasteiger partial charge in [-0.05, 0) is 30.2 Å². The fourth-order valence-corrected chi connectivity index (χ4v) is 2.82. The summed E-state index contributed by atoms with van der Waals surface area (Å²) in [6, 6.07) is 27.9. The molecule has 3 aromatic rings. The molecule has 136 valence electrons. The molecule has 3 rings (SSSR count). The molecular formula is C23H21NO3. The van der Waals surface area contributed by atoms with Gasteiger partial charge < -0.3 is 10.1 Å². The van der Waals surface area contributed by atoms with Gasteiger partial charge in [-0.15, -0.1) is 0 Å². The highest BCUT2D eigenvalue weighted by Crippen LogP contribution is 2.26. The molecule has 27 heavy (non-hydrogen) atoms. The molecule has 1 amide bonds. The third-order valence-electron chi connectivity index (χ3n) is 4.20. The van der Waals surface area contributed by atoms with Crippen molar-refractivity contribution in [3.63, 3.8) is 0 Å². The van der Waals surface area contributed by atoms with Crippen molar-refractivity contribution in [2.75, 3.05) is 5.32 Å². The van der Waals surface area contributed by atoms with E-state index in [4.69, 9.17) is 4.74 Å². The van der Waals surface area contributed by atoms with Crippen LogP contribution in [0.4, 0.5) is 5.69 Å². The number of ether oxygens (including phenoxy) is 1. The predicted molar refractivity (Wildman–Crippen MR) is 105 cm³/mol. The summed E-state index contributed by atoms with van der Waals surface area (Å²) in [6.07, 6.45) is -0.910. The highest BCUT2D eigenvalue weighted by Gasteiger charge is 2.27. The van der Waals surface area contributed by atoms with Crippen LogP contribution in [-0.4, -0.2) is 18.0 Å². The van der Waals surface area contributed by atoms with Gasteiger partial charge in [-0.2, -0.15) is 0 Å². The monoisotopic (exact) mass is 359 g/mol. The van der Waals surface area contributed by atoms with Crippen LogP contribution in [0.15, 0.2) is 91.0 Å². The molecule has 0 saturated carbocycles. The highest BCUT2D eigenvalue weighted by molar-refractivity contribution is 5.95. The standard InChI is InChI=1S/C23H21NO3/c1-17(22(25)24-20-15-9-4-10-16-20)27-23(26)21(18-11-5-2-6-12-18)19-13-7-3-8-14-19/h2-17,21H,1H3,(H,24,25)/t17-/m0/s1. The first-order chi connectivity index (χ1) is 13.1. The van der Waals surface area contributed by atoms with Crippen molar-refractivity contribution in [1.29, 1.82) is 0 Å². The molecule has 1 atom stereocenters. The molecule has 0 aliphatic carbocycles. The number of rotatable bonds is 6. The number of para-hydroxylation sites is 1. The molecule has 0 spiro atoms. The maximum atomic E-state index is 12.9. The zero-order valence-corrected chi connectivity index (χ0v) is 15.0. The van der Waals surface area contributed by atoms with Crippen molar-refractivity contribution in [2.45, 2.75) is 18.9 Å². The Hall–Kier alpha value is -3.40. The largest absolute Gasteiger partial charge is 0.452 e. The van der Waals surface area contributed by atoms with E-state index >= 15 is 0 Å². The summed E-state index contributed by atoms with van der Waals surface area (Å²) in [5.74, 6) is -1.41. The summed E-state index contributed by atoms with van der Waals surface area (Å²) in [7, 11) is 0. The highest BCUT2D eigenvalue weighted by atomic mass is 16.5. The van der Waals surface area contributed by atoms with Crippen molar-refractivity contribution in [3.05, 3.63) is 102 Å². The average Bonchev–Trinajstić information content (AvgIpc) is 2.70. The number of carbonyl (C=O) groups is 2. The zero-order valence-electron chi connectivity index (χ0n) is 15.0. The van der Waals surface area contributed by atoms with E-state index in [1.165, 1.54) is 0 Å². The fraction of sp³-hybridized carbons (Fsp3) is 0.130. The van der Waals surface area contributed by atoms with Gasteiger partial charge in [0.05, 0.1) is 0 Å². The SMILES string of the molecule is C[C@H](OC(=O)C(c1ccccc1)c1ccccc1)C(=O)Nc1ccccc1. The van der Waals surface area contributed by atoms with E-state index in [0.717, 1.165) is 11.1 Å². The van der Waals surface area contributed by atoms with Crippen LogP contribution in [0.2, 0.25) is 0 Å². The lowest BCUT2D eigenvalue weighted by atomic mass is 9.91. The topological polar surface area (TPSA) is 55.4 Å². The Kier molecular flexibility index (Phi) is 6.00. The summed E-state index contributed by atoms with van der Waals surface area (Å²) in [6.45, 7) is 1.57. The summed E-state index contributed by atoms with van der Waals surface area (Å²) >= 11 is 0. The lowest BCUT2D eigenvalue weighted by Crippen LogP contribution is -2.32. The Balaban J connectivity index is 1.75. The van der Waals surface area contributed by atoms with Gasteiger partial charge in [-0.1, -0.05) is 78.9 Å². The van der Waals surface area contributed by atoms with Crippen LogP contribution in [-0.2, 0) is 14.3 Å². The van der Waals surface area contributed by atoms with Crippen LogP contribution in [0.1, 0.15) is 24.0 Å². The van der Waals surface area contributed by atoms with Crippen LogP contribution in [0.5, 0.6) is 0 Å². The second-order valence-corrected chi connectivity index (χ2v) is 6.19. The van der Waals surface area contributed by atoms with E-state index in [1.807, 2.05) is 78.9 Å². The van der Waals surface area contributed by atoms with Gasteiger partial charge in [0.15, 0.2) is 6.10 Å².